The summed E-state index contributed by atoms with van der Waals surface area (Å²) in [5, 5.41) is 2.89. The van der Waals surface area contributed by atoms with Crippen LogP contribution in [0.2, 0.25) is 0 Å². The van der Waals surface area contributed by atoms with E-state index >= 15 is 0 Å². The van der Waals surface area contributed by atoms with E-state index in [9.17, 15) is 4.79 Å². The van der Waals surface area contributed by atoms with Gasteiger partial charge in [-0.3, -0.25) is 4.79 Å². The van der Waals surface area contributed by atoms with Crippen LogP contribution in [0.25, 0.3) is 0 Å². The molecule has 1 spiro atoms. The van der Waals surface area contributed by atoms with Crippen molar-refractivity contribution in [3.8, 4) is 11.5 Å². The van der Waals surface area contributed by atoms with E-state index in [2.05, 4.69) is 20.2 Å². The first-order valence-corrected chi connectivity index (χ1v) is 9.73. The molecule has 2 fully saturated rings. The van der Waals surface area contributed by atoms with Crippen molar-refractivity contribution in [3.63, 3.8) is 0 Å². The Morgan fingerprint density at radius 3 is 2.72 bits per heavy atom. The van der Waals surface area contributed by atoms with Crippen LogP contribution < -0.4 is 19.7 Å². The molecule has 1 N–H and O–H groups in total. The lowest BCUT2D eigenvalue weighted by molar-refractivity contribution is -0.169. The van der Waals surface area contributed by atoms with E-state index < -0.39 is 5.79 Å². The lowest BCUT2D eigenvalue weighted by Crippen LogP contribution is -2.45. The summed E-state index contributed by atoms with van der Waals surface area (Å²) in [6.45, 7) is 3.34. The van der Waals surface area contributed by atoms with Crippen LogP contribution in [-0.4, -0.2) is 54.8 Å². The van der Waals surface area contributed by atoms with Crippen molar-refractivity contribution in [2.45, 2.75) is 25.2 Å². The normalized spacial score (nSPS) is 19.5. The first-order valence-electron chi connectivity index (χ1n) is 9.73. The lowest BCUT2D eigenvalue weighted by Gasteiger charge is -2.37. The molecular weight excluding hydrogens is 376 g/mol. The third-order valence-electron chi connectivity index (χ3n) is 5.39. The van der Waals surface area contributed by atoms with Crippen LogP contribution in [0, 0.1) is 0 Å². The van der Waals surface area contributed by atoms with Crippen molar-refractivity contribution < 1.29 is 23.7 Å². The average molecular weight is 398 g/mol. The molecule has 0 saturated carbocycles. The highest BCUT2D eigenvalue weighted by molar-refractivity contribution is 5.92. The van der Waals surface area contributed by atoms with E-state index in [-0.39, 0.29) is 12.7 Å². The summed E-state index contributed by atoms with van der Waals surface area (Å²) in [6, 6.07) is 7.22. The van der Waals surface area contributed by atoms with Gasteiger partial charge in [0.2, 0.25) is 12.7 Å². The number of carbonyl (C=O) groups is 1. The second-order valence-corrected chi connectivity index (χ2v) is 7.21. The molecule has 0 radical (unpaired) electrons. The van der Waals surface area contributed by atoms with Crippen LogP contribution in [0.4, 0.5) is 5.95 Å². The average Bonchev–Trinajstić information content (AvgIpc) is 3.42. The van der Waals surface area contributed by atoms with Crippen molar-refractivity contribution in [1.82, 2.24) is 15.3 Å². The number of fused-ring (bicyclic) bond motifs is 1. The van der Waals surface area contributed by atoms with Crippen molar-refractivity contribution in [2.24, 2.45) is 0 Å². The minimum absolute atomic E-state index is 0.227. The zero-order chi connectivity index (χ0) is 19.7. The first kappa shape index (κ1) is 18.1. The van der Waals surface area contributed by atoms with Crippen LogP contribution in [0.15, 0.2) is 30.5 Å². The SMILES string of the molecule is O=C(NCc1ccc2c(c1)OCO2)c1ccnc(N2CCC3(CC2)OCCO3)n1. The maximum absolute atomic E-state index is 12.6. The molecule has 3 aliphatic heterocycles. The number of nitrogens with one attached hydrogen (secondary N) is 1. The van der Waals surface area contributed by atoms with E-state index in [1.165, 1.54) is 0 Å². The van der Waals surface area contributed by atoms with Gasteiger partial charge in [-0.25, -0.2) is 9.97 Å². The lowest BCUT2D eigenvalue weighted by atomic mass is 10.0. The van der Waals surface area contributed by atoms with Gasteiger partial charge in [0, 0.05) is 38.7 Å². The molecule has 0 unspecified atom stereocenters. The van der Waals surface area contributed by atoms with Gasteiger partial charge >= 0.3 is 0 Å². The molecule has 5 rings (SSSR count). The van der Waals surface area contributed by atoms with Gasteiger partial charge in [-0.15, -0.1) is 0 Å². The summed E-state index contributed by atoms with van der Waals surface area (Å²) < 4.78 is 22.2. The summed E-state index contributed by atoms with van der Waals surface area (Å²) >= 11 is 0. The summed E-state index contributed by atoms with van der Waals surface area (Å²) in [4.78, 5) is 23.4. The van der Waals surface area contributed by atoms with E-state index in [1.54, 1.807) is 12.3 Å². The summed E-state index contributed by atoms with van der Waals surface area (Å²) in [6.07, 6.45) is 3.14. The zero-order valence-electron chi connectivity index (χ0n) is 15.9. The third kappa shape index (κ3) is 3.70. The topological polar surface area (TPSA) is 95.0 Å². The predicted molar refractivity (Wildman–Crippen MR) is 102 cm³/mol. The minimum Gasteiger partial charge on any atom is -0.454 e. The number of benzene rings is 1. The molecule has 0 atom stereocenters. The largest absolute Gasteiger partial charge is 0.454 e. The number of rotatable bonds is 4. The van der Waals surface area contributed by atoms with Crippen LogP contribution in [0.5, 0.6) is 11.5 Å². The second kappa shape index (κ2) is 7.49. The molecule has 2 saturated heterocycles. The number of amides is 1. The molecule has 29 heavy (non-hydrogen) atoms. The van der Waals surface area contributed by atoms with E-state index in [0.29, 0.717) is 37.2 Å². The quantitative estimate of drug-likeness (QED) is 0.828. The Labute approximate surface area is 167 Å². The van der Waals surface area contributed by atoms with Crippen LogP contribution in [0.3, 0.4) is 0 Å². The number of hydrogen-bond donors (Lipinski definition) is 1. The Hall–Kier alpha value is -2.91. The van der Waals surface area contributed by atoms with Crippen LogP contribution >= 0.6 is 0 Å². The van der Waals surface area contributed by atoms with Crippen LogP contribution in [0.1, 0.15) is 28.9 Å². The number of anilines is 1. The number of piperidine rings is 1. The van der Waals surface area contributed by atoms with Gasteiger partial charge in [-0.1, -0.05) is 6.07 Å². The second-order valence-electron chi connectivity index (χ2n) is 7.21. The molecule has 152 valence electrons. The number of hydrogen-bond acceptors (Lipinski definition) is 8. The van der Waals surface area contributed by atoms with Crippen LogP contribution in [-0.2, 0) is 16.0 Å². The highest BCUT2D eigenvalue weighted by Gasteiger charge is 2.40. The molecule has 2 aromatic rings. The molecular formula is C20H22N4O5. The van der Waals surface area contributed by atoms with Crippen molar-refractivity contribution >= 4 is 11.9 Å². The molecule has 0 bridgehead atoms. The Morgan fingerprint density at radius 2 is 1.90 bits per heavy atom. The smallest absolute Gasteiger partial charge is 0.270 e. The first-order chi connectivity index (χ1) is 14.2. The minimum atomic E-state index is -0.448. The number of ether oxygens (including phenoxy) is 4. The van der Waals surface area contributed by atoms with E-state index in [0.717, 1.165) is 37.2 Å². The molecule has 1 amide bonds. The fraction of sp³-hybridized carbons (Fsp3) is 0.450. The number of aromatic nitrogens is 2. The highest BCUT2D eigenvalue weighted by atomic mass is 16.7. The van der Waals surface area contributed by atoms with Gasteiger partial charge in [0.05, 0.1) is 13.2 Å². The van der Waals surface area contributed by atoms with Gasteiger partial charge in [-0.2, -0.15) is 0 Å². The van der Waals surface area contributed by atoms with E-state index in [1.807, 2.05) is 18.2 Å². The molecule has 0 aliphatic carbocycles. The molecule has 3 aliphatic rings. The standard InChI is InChI=1S/C20H22N4O5/c25-18(22-12-14-1-2-16-17(11-14)27-13-26-16)15-3-6-21-19(23-15)24-7-4-20(5-8-24)28-9-10-29-20/h1-3,6,11H,4-5,7-10,12-13H2,(H,22,25). The number of carbonyl (C=O) groups excluding carboxylic acids is 1. The molecule has 1 aromatic carbocycles. The van der Waals surface area contributed by atoms with E-state index in [4.69, 9.17) is 18.9 Å². The van der Waals surface area contributed by atoms with Crippen molar-refractivity contribution in [3.05, 3.63) is 41.7 Å². The summed E-state index contributed by atoms with van der Waals surface area (Å²) in [7, 11) is 0. The van der Waals surface area contributed by atoms with Gasteiger partial charge in [0.15, 0.2) is 17.3 Å². The molecule has 1 aromatic heterocycles. The Balaban J connectivity index is 1.21. The van der Waals surface area contributed by atoms with Gasteiger partial charge in [0.1, 0.15) is 5.69 Å². The predicted octanol–water partition coefficient (Wildman–Crippen LogP) is 1.48. The fourth-order valence-electron chi connectivity index (χ4n) is 3.78. The highest BCUT2D eigenvalue weighted by Crippen LogP contribution is 2.33. The Bertz CT molecular complexity index is 905. The van der Waals surface area contributed by atoms with Gasteiger partial charge in [0.25, 0.3) is 5.91 Å². The van der Waals surface area contributed by atoms with Gasteiger partial charge < -0.3 is 29.2 Å². The van der Waals surface area contributed by atoms with Crippen molar-refractivity contribution in [2.75, 3.05) is 38.0 Å². The molecule has 9 nitrogen and oxygen atoms in total. The monoisotopic (exact) mass is 398 g/mol. The Kier molecular flexibility index (Phi) is 4.69. The molecule has 9 heteroatoms. The zero-order valence-corrected chi connectivity index (χ0v) is 15.9. The Morgan fingerprint density at radius 1 is 1.10 bits per heavy atom. The maximum atomic E-state index is 12.6. The molecule has 4 heterocycles. The summed E-state index contributed by atoms with van der Waals surface area (Å²) in [5.41, 5.74) is 1.26. The maximum Gasteiger partial charge on any atom is 0.270 e. The number of nitrogens with zero attached hydrogens (tertiary/aromatic N) is 3. The fourth-order valence-corrected chi connectivity index (χ4v) is 3.78. The van der Waals surface area contributed by atoms with Gasteiger partial charge in [-0.05, 0) is 23.8 Å². The third-order valence-corrected chi connectivity index (χ3v) is 5.39. The van der Waals surface area contributed by atoms with Crippen molar-refractivity contribution in [1.29, 1.82) is 0 Å². The summed E-state index contributed by atoms with van der Waals surface area (Å²) in [5.74, 6) is 1.27.